The lowest BCUT2D eigenvalue weighted by atomic mass is 9.93. The first kappa shape index (κ1) is 11.4. The number of ketones is 1. The van der Waals surface area contributed by atoms with Crippen LogP contribution in [0.1, 0.15) is 33.6 Å². The molecule has 1 atom stereocenters. The number of Topliss-reactive ketones (excluding diaryl/α,β-unsaturated/α-hetero) is 1. The van der Waals surface area contributed by atoms with Gasteiger partial charge in [-0.25, -0.2) is 4.31 Å². The van der Waals surface area contributed by atoms with E-state index in [9.17, 15) is 4.79 Å². The van der Waals surface area contributed by atoms with Gasteiger partial charge in [0.05, 0.1) is 4.75 Å². The van der Waals surface area contributed by atoms with Crippen molar-refractivity contribution in [2.75, 3.05) is 6.54 Å². The summed E-state index contributed by atoms with van der Waals surface area (Å²) in [4.78, 5) is 11.8. The molecule has 0 aliphatic carbocycles. The second-order valence-electron chi connectivity index (χ2n) is 4.56. The molecule has 1 fully saturated rings. The van der Waals surface area contributed by atoms with Gasteiger partial charge in [0.1, 0.15) is 5.78 Å². The summed E-state index contributed by atoms with van der Waals surface area (Å²) in [5, 5.41) is 0. The molecule has 0 radical (unpaired) electrons. The summed E-state index contributed by atoms with van der Waals surface area (Å²) in [5.41, 5.74) is -0.152. The average molecular weight is 219 g/mol. The van der Waals surface area contributed by atoms with Crippen molar-refractivity contribution in [2.24, 2.45) is 0 Å². The van der Waals surface area contributed by atoms with Crippen molar-refractivity contribution in [1.82, 2.24) is 4.31 Å². The van der Waals surface area contributed by atoms with Crippen LogP contribution in [0, 0.1) is 0 Å². The Morgan fingerprint density at radius 2 is 1.92 bits per heavy atom. The number of rotatable bonds is 0. The van der Waals surface area contributed by atoms with Gasteiger partial charge in [-0.3, -0.25) is 4.79 Å². The molecule has 1 aliphatic heterocycles. The van der Waals surface area contributed by atoms with Gasteiger partial charge in [-0.15, -0.1) is 0 Å². The second-order valence-corrected chi connectivity index (χ2v) is 6.03. The van der Waals surface area contributed by atoms with Gasteiger partial charge in [0.15, 0.2) is 0 Å². The van der Waals surface area contributed by atoms with Crippen molar-refractivity contribution in [1.29, 1.82) is 0 Å². The zero-order chi connectivity index (χ0) is 10.3. The molecule has 0 bridgehead atoms. The first-order chi connectivity index (χ1) is 5.76. The Kier molecular flexibility index (Phi) is 3.05. The molecule has 0 N–H and O–H groups in total. The van der Waals surface area contributed by atoms with Gasteiger partial charge in [0, 0.05) is 18.5 Å². The van der Waals surface area contributed by atoms with Gasteiger partial charge in [-0.1, -0.05) is 12.8 Å². The van der Waals surface area contributed by atoms with E-state index in [1.54, 1.807) is 0 Å². The van der Waals surface area contributed by atoms with Crippen LogP contribution in [0.4, 0.5) is 0 Å². The summed E-state index contributed by atoms with van der Waals surface area (Å²) in [6, 6.07) is 0. The highest BCUT2D eigenvalue weighted by Gasteiger charge is 2.39. The molecular weight excluding hydrogens is 202 g/mol. The molecule has 0 saturated carbocycles. The average Bonchev–Trinajstić information content (AvgIpc) is 2.03. The number of hydrogen-bond donors (Lipinski definition) is 2. The summed E-state index contributed by atoms with van der Waals surface area (Å²) < 4.78 is 1.46. The Hall–Kier alpha value is 0.330. The third-order valence-corrected chi connectivity index (χ3v) is 3.92. The van der Waals surface area contributed by atoms with Crippen LogP contribution >= 0.6 is 25.4 Å². The molecule has 0 aromatic carbocycles. The number of thiol groups is 2. The van der Waals surface area contributed by atoms with Gasteiger partial charge in [-0.05, 0) is 27.2 Å². The van der Waals surface area contributed by atoms with Gasteiger partial charge < -0.3 is 0 Å². The summed E-state index contributed by atoms with van der Waals surface area (Å²) in [6.07, 6.45) is 1.29. The van der Waals surface area contributed by atoms with E-state index in [1.807, 2.05) is 25.1 Å². The molecule has 0 spiro atoms. The molecule has 1 rings (SSSR count). The van der Waals surface area contributed by atoms with Crippen LogP contribution in [-0.4, -0.2) is 26.9 Å². The van der Waals surface area contributed by atoms with E-state index in [4.69, 9.17) is 0 Å². The first-order valence-electron chi connectivity index (χ1n) is 4.48. The third-order valence-electron chi connectivity index (χ3n) is 2.70. The van der Waals surface area contributed by atoms with Gasteiger partial charge in [0.25, 0.3) is 0 Å². The van der Waals surface area contributed by atoms with Crippen LogP contribution in [-0.2, 0) is 4.79 Å². The van der Waals surface area contributed by atoms with E-state index < -0.39 is 4.75 Å². The Morgan fingerprint density at radius 3 is 2.46 bits per heavy atom. The number of carbonyl (C=O) groups is 1. The fraction of sp³-hybridized carbons (Fsp3) is 0.889. The van der Waals surface area contributed by atoms with E-state index in [2.05, 4.69) is 25.4 Å². The molecule has 13 heavy (non-hydrogen) atoms. The lowest BCUT2D eigenvalue weighted by molar-refractivity contribution is -0.121. The van der Waals surface area contributed by atoms with Crippen molar-refractivity contribution < 1.29 is 4.79 Å². The highest BCUT2D eigenvalue weighted by molar-refractivity contribution is 7.82. The highest BCUT2D eigenvalue weighted by Crippen LogP contribution is 2.33. The molecule has 0 aromatic heterocycles. The standard InChI is InChI=1S/C9H17NOS2/c1-8(2)6-7(11)9(3,12)4-5-10(8)13/h12-13H,4-6H2,1-3H3. The van der Waals surface area contributed by atoms with Crippen LogP contribution in [0.2, 0.25) is 0 Å². The van der Waals surface area contributed by atoms with E-state index in [1.165, 1.54) is 0 Å². The molecule has 0 amide bonds. The predicted octanol–water partition coefficient (Wildman–Crippen LogP) is 1.96. The van der Waals surface area contributed by atoms with E-state index in [0.717, 1.165) is 13.0 Å². The van der Waals surface area contributed by atoms with Gasteiger partial charge in [-0.2, -0.15) is 12.6 Å². The minimum Gasteiger partial charge on any atom is -0.298 e. The van der Waals surface area contributed by atoms with Crippen molar-refractivity contribution in [2.45, 2.75) is 43.9 Å². The van der Waals surface area contributed by atoms with Crippen LogP contribution in [0.25, 0.3) is 0 Å². The molecule has 2 nitrogen and oxygen atoms in total. The summed E-state index contributed by atoms with van der Waals surface area (Å²) in [7, 11) is 0. The highest BCUT2D eigenvalue weighted by atomic mass is 32.1. The van der Waals surface area contributed by atoms with E-state index in [-0.39, 0.29) is 11.3 Å². The number of nitrogens with zero attached hydrogens (tertiary/aromatic N) is 1. The third kappa shape index (κ3) is 2.42. The van der Waals surface area contributed by atoms with Crippen LogP contribution < -0.4 is 0 Å². The minimum atomic E-state index is -0.477. The lowest BCUT2D eigenvalue weighted by Gasteiger charge is -2.31. The minimum absolute atomic E-state index is 0.152. The Morgan fingerprint density at radius 1 is 1.38 bits per heavy atom. The van der Waals surface area contributed by atoms with Gasteiger partial charge in [0.2, 0.25) is 0 Å². The second kappa shape index (κ2) is 3.48. The molecule has 1 aliphatic rings. The monoisotopic (exact) mass is 219 g/mol. The molecular formula is C9H17NOS2. The van der Waals surface area contributed by atoms with Crippen LogP contribution in [0.15, 0.2) is 0 Å². The van der Waals surface area contributed by atoms with Crippen molar-refractivity contribution in [3.05, 3.63) is 0 Å². The molecule has 4 heteroatoms. The fourth-order valence-electron chi connectivity index (χ4n) is 1.44. The Labute approximate surface area is 91.0 Å². The maximum Gasteiger partial charge on any atom is 0.150 e. The molecule has 1 saturated heterocycles. The smallest absolute Gasteiger partial charge is 0.150 e. The Bertz CT molecular complexity index is 226. The maximum absolute atomic E-state index is 11.8. The van der Waals surface area contributed by atoms with Crippen molar-refractivity contribution in [3.8, 4) is 0 Å². The molecule has 1 heterocycles. The summed E-state index contributed by atoms with van der Waals surface area (Å²) in [6.45, 7) is 6.77. The van der Waals surface area contributed by atoms with E-state index in [0.29, 0.717) is 6.42 Å². The topological polar surface area (TPSA) is 20.3 Å². The normalized spacial score (nSPS) is 35.9. The number of hydrogen-bond acceptors (Lipinski definition) is 4. The lowest BCUT2D eigenvalue weighted by Crippen LogP contribution is -2.38. The van der Waals surface area contributed by atoms with Crippen LogP contribution in [0.5, 0.6) is 0 Å². The van der Waals surface area contributed by atoms with E-state index >= 15 is 0 Å². The fourth-order valence-corrected chi connectivity index (χ4v) is 1.79. The first-order valence-corrected chi connectivity index (χ1v) is 5.33. The zero-order valence-electron chi connectivity index (χ0n) is 8.37. The quantitative estimate of drug-likeness (QED) is 0.608. The predicted molar refractivity (Wildman–Crippen MR) is 61.4 cm³/mol. The van der Waals surface area contributed by atoms with Crippen molar-refractivity contribution in [3.63, 3.8) is 0 Å². The molecule has 0 aromatic rings. The summed E-state index contributed by atoms with van der Waals surface area (Å²) in [5.74, 6) is 0.220. The van der Waals surface area contributed by atoms with Crippen LogP contribution in [0.3, 0.4) is 0 Å². The van der Waals surface area contributed by atoms with Crippen molar-refractivity contribution >= 4 is 31.2 Å². The SMILES string of the molecule is CC1(S)CCN(S)C(C)(C)CC1=O. The largest absolute Gasteiger partial charge is 0.298 e. The zero-order valence-corrected chi connectivity index (χ0v) is 10.2. The van der Waals surface area contributed by atoms with Gasteiger partial charge >= 0.3 is 0 Å². The molecule has 1 unspecified atom stereocenters. The molecule has 76 valence electrons. The number of carbonyl (C=O) groups excluding carboxylic acids is 1. The summed E-state index contributed by atoms with van der Waals surface area (Å²) >= 11 is 8.77. The maximum atomic E-state index is 11.8. The Balaban J connectivity index is 2.87.